The lowest BCUT2D eigenvalue weighted by atomic mass is 9.76. The monoisotopic (exact) mass is 291 g/mol. The van der Waals surface area contributed by atoms with Gasteiger partial charge in [0.2, 0.25) is 0 Å². The van der Waals surface area contributed by atoms with Gasteiger partial charge in [0, 0.05) is 35.5 Å². The van der Waals surface area contributed by atoms with E-state index in [1.54, 1.807) is 7.11 Å². The van der Waals surface area contributed by atoms with Crippen molar-refractivity contribution in [3.8, 4) is 5.75 Å². The Morgan fingerprint density at radius 1 is 1.48 bits per heavy atom. The van der Waals surface area contributed by atoms with Crippen molar-refractivity contribution in [3.63, 3.8) is 0 Å². The molecule has 1 aromatic heterocycles. The van der Waals surface area contributed by atoms with Gasteiger partial charge >= 0.3 is 0 Å². The minimum atomic E-state index is 0.265. The van der Waals surface area contributed by atoms with Crippen LogP contribution in [-0.4, -0.2) is 18.1 Å². The maximum absolute atomic E-state index is 5.86. The predicted molar refractivity (Wildman–Crippen MR) is 86.2 cm³/mol. The molecule has 0 bridgehead atoms. The molecule has 1 aromatic rings. The van der Waals surface area contributed by atoms with Crippen molar-refractivity contribution in [2.45, 2.75) is 59.4 Å². The first kappa shape index (κ1) is 16.2. The summed E-state index contributed by atoms with van der Waals surface area (Å²) in [6, 6.07) is 0.265. The van der Waals surface area contributed by atoms with Crippen LogP contribution in [0.5, 0.6) is 5.75 Å². The number of nitrogens with two attached hydrogens (primary N) is 1. The molecule has 1 heterocycles. The first-order valence-corrected chi connectivity index (χ1v) is 7.86. The van der Waals surface area contributed by atoms with E-state index in [0.29, 0.717) is 11.3 Å². The second-order valence-electron chi connectivity index (χ2n) is 7.01. The number of hydrazine groups is 1. The van der Waals surface area contributed by atoms with Crippen LogP contribution in [0.1, 0.15) is 49.9 Å². The fourth-order valence-electron chi connectivity index (χ4n) is 3.90. The lowest BCUT2D eigenvalue weighted by molar-refractivity contribution is 0.195. The zero-order valence-electron chi connectivity index (χ0n) is 14.0. The molecule has 118 valence electrons. The van der Waals surface area contributed by atoms with Gasteiger partial charge in [-0.25, -0.2) is 0 Å². The van der Waals surface area contributed by atoms with E-state index in [2.05, 4.69) is 31.2 Å². The van der Waals surface area contributed by atoms with Gasteiger partial charge in [-0.3, -0.25) is 16.3 Å². The average Bonchev–Trinajstić information content (AvgIpc) is 2.78. The molecule has 0 spiro atoms. The molecule has 1 fully saturated rings. The van der Waals surface area contributed by atoms with Crippen LogP contribution in [0.3, 0.4) is 0 Å². The van der Waals surface area contributed by atoms with Crippen LogP contribution in [-0.2, 0) is 6.42 Å². The van der Waals surface area contributed by atoms with Crippen LogP contribution in [0.2, 0.25) is 0 Å². The number of methoxy groups -OCH3 is 1. The molecule has 0 aliphatic heterocycles. The summed E-state index contributed by atoms with van der Waals surface area (Å²) in [6.45, 7) is 8.82. The topological polar surface area (TPSA) is 60.2 Å². The highest BCUT2D eigenvalue weighted by atomic mass is 16.5. The molecular weight excluding hydrogens is 262 g/mol. The number of nitrogens with one attached hydrogen (secondary N) is 1. The van der Waals surface area contributed by atoms with E-state index in [0.717, 1.165) is 29.0 Å². The van der Waals surface area contributed by atoms with Crippen LogP contribution in [0.15, 0.2) is 6.20 Å². The minimum absolute atomic E-state index is 0.265. The quantitative estimate of drug-likeness (QED) is 0.647. The van der Waals surface area contributed by atoms with E-state index in [9.17, 15) is 0 Å². The molecule has 2 atom stereocenters. The van der Waals surface area contributed by atoms with Crippen molar-refractivity contribution >= 4 is 0 Å². The highest BCUT2D eigenvalue weighted by Crippen LogP contribution is 2.45. The molecule has 2 rings (SSSR count). The molecular formula is C17H29N3O. The third-order valence-corrected chi connectivity index (χ3v) is 5.20. The van der Waals surface area contributed by atoms with Crippen LogP contribution in [0, 0.1) is 25.2 Å². The average molecular weight is 291 g/mol. The summed E-state index contributed by atoms with van der Waals surface area (Å²) in [5.41, 5.74) is 6.69. The molecule has 3 N–H and O–H groups in total. The Kier molecular flexibility index (Phi) is 4.89. The van der Waals surface area contributed by atoms with Crippen molar-refractivity contribution in [2.24, 2.45) is 17.2 Å². The lowest BCUT2D eigenvalue weighted by Gasteiger charge is -2.34. The molecule has 2 unspecified atom stereocenters. The maximum atomic E-state index is 5.86. The molecule has 4 heteroatoms. The highest BCUT2D eigenvalue weighted by molar-refractivity contribution is 5.41. The number of nitrogens with zero attached hydrogens (tertiary/aromatic N) is 1. The van der Waals surface area contributed by atoms with Crippen molar-refractivity contribution in [1.29, 1.82) is 0 Å². The zero-order chi connectivity index (χ0) is 15.6. The Bertz CT molecular complexity index is 499. The van der Waals surface area contributed by atoms with E-state index in [1.807, 2.05) is 13.1 Å². The van der Waals surface area contributed by atoms with E-state index >= 15 is 0 Å². The fourth-order valence-corrected chi connectivity index (χ4v) is 3.90. The largest absolute Gasteiger partial charge is 0.496 e. The third kappa shape index (κ3) is 3.22. The van der Waals surface area contributed by atoms with Gasteiger partial charge in [0.25, 0.3) is 0 Å². The van der Waals surface area contributed by atoms with Crippen molar-refractivity contribution < 1.29 is 4.74 Å². The van der Waals surface area contributed by atoms with Gasteiger partial charge in [0.15, 0.2) is 0 Å². The Morgan fingerprint density at radius 3 is 2.71 bits per heavy atom. The fraction of sp³-hybridized carbons (Fsp3) is 0.706. The summed E-state index contributed by atoms with van der Waals surface area (Å²) >= 11 is 0. The Hall–Kier alpha value is -1.13. The van der Waals surface area contributed by atoms with Gasteiger partial charge in [-0.05, 0) is 38.0 Å². The van der Waals surface area contributed by atoms with Gasteiger partial charge in [0.05, 0.1) is 7.11 Å². The standard InChI is InChI=1S/C17H29N3O/c1-11-10-19-14(12(2)16(11)21-5)9-15(20-18)13-7-6-8-17(13,3)4/h10,13,15,20H,6-9,18H2,1-5H3. The molecule has 4 nitrogen and oxygen atoms in total. The van der Waals surface area contributed by atoms with E-state index in [4.69, 9.17) is 10.6 Å². The number of rotatable bonds is 5. The SMILES string of the molecule is COc1c(C)cnc(CC(NN)C2CCCC2(C)C)c1C. The molecule has 0 saturated heterocycles. The van der Waals surface area contributed by atoms with Crippen LogP contribution in [0.25, 0.3) is 0 Å². The first-order valence-electron chi connectivity index (χ1n) is 7.86. The second kappa shape index (κ2) is 6.32. The van der Waals surface area contributed by atoms with Gasteiger partial charge in [-0.2, -0.15) is 0 Å². The van der Waals surface area contributed by atoms with Gasteiger partial charge in [-0.15, -0.1) is 0 Å². The summed E-state index contributed by atoms with van der Waals surface area (Å²) in [5.74, 6) is 7.40. The number of hydrogen-bond acceptors (Lipinski definition) is 4. The lowest BCUT2D eigenvalue weighted by Crippen LogP contribution is -2.46. The maximum Gasteiger partial charge on any atom is 0.128 e. The van der Waals surface area contributed by atoms with Crippen LogP contribution in [0.4, 0.5) is 0 Å². The van der Waals surface area contributed by atoms with E-state index in [-0.39, 0.29) is 6.04 Å². The number of aryl methyl sites for hydroxylation is 1. The van der Waals surface area contributed by atoms with Crippen LogP contribution >= 0.6 is 0 Å². The van der Waals surface area contributed by atoms with Crippen molar-refractivity contribution in [2.75, 3.05) is 7.11 Å². The Balaban J connectivity index is 2.23. The summed E-state index contributed by atoms with van der Waals surface area (Å²) in [7, 11) is 1.72. The zero-order valence-corrected chi connectivity index (χ0v) is 14.0. The van der Waals surface area contributed by atoms with E-state index in [1.165, 1.54) is 19.3 Å². The number of hydrogen-bond donors (Lipinski definition) is 2. The normalized spacial score (nSPS) is 22.3. The van der Waals surface area contributed by atoms with E-state index < -0.39 is 0 Å². The Morgan fingerprint density at radius 2 is 2.19 bits per heavy atom. The summed E-state index contributed by atoms with van der Waals surface area (Å²) < 4.78 is 5.51. The smallest absolute Gasteiger partial charge is 0.128 e. The predicted octanol–water partition coefficient (Wildman–Crippen LogP) is 2.91. The number of aromatic nitrogens is 1. The minimum Gasteiger partial charge on any atom is -0.496 e. The van der Waals surface area contributed by atoms with Gasteiger partial charge in [0.1, 0.15) is 5.75 Å². The summed E-state index contributed by atoms with van der Waals surface area (Å²) in [4.78, 5) is 4.62. The summed E-state index contributed by atoms with van der Waals surface area (Å²) in [5, 5.41) is 0. The molecule has 0 radical (unpaired) electrons. The highest BCUT2D eigenvalue weighted by Gasteiger charge is 2.39. The molecule has 0 aromatic carbocycles. The first-order chi connectivity index (χ1) is 9.90. The molecule has 1 saturated carbocycles. The molecule has 21 heavy (non-hydrogen) atoms. The number of ether oxygens (including phenoxy) is 1. The molecule has 1 aliphatic carbocycles. The van der Waals surface area contributed by atoms with Crippen molar-refractivity contribution in [3.05, 3.63) is 23.0 Å². The van der Waals surface area contributed by atoms with Gasteiger partial charge in [-0.1, -0.05) is 20.3 Å². The van der Waals surface area contributed by atoms with Crippen molar-refractivity contribution in [1.82, 2.24) is 10.4 Å². The van der Waals surface area contributed by atoms with Crippen LogP contribution < -0.4 is 16.0 Å². The summed E-state index contributed by atoms with van der Waals surface area (Å²) in [6.07, 6.45) is 6.56. The number of pyridine rings is 1. The second-order valence-corrected chi connectivity index (χ2v) is 7.01. The molecule has 0 amide bonds. The third-order valence-electron chi connectivity index (χ3n) is 5.20. The Labute approximate surface area is 128 Å². The van der Waals surface area contributed by atoms with Gasteiger partial charge < -0.3 is 4.74 Å². The molecule has 1 aliphatic rings.